The van der Waals surface area contributed by atoms with E-state index in [2.05, 4.69) is 10.4 Å². The van der Waals surface area contributed by atoms with Crippen molar-refractivity contribution in [3.8, 4) is 0 Å². The number of carbonyl (C=O) groups is 1. The molecule has 1 N–H and O–H groups in total. The molecule has 0 atom stereocenters. The van der Waals surface area contributed by atoms with Gasteiger partial charge in [-0.2, -0.15) is 5.10 Å². The van der Waals surface area contributed by atoms with Crippen molar-refractivity contribution in [3.63, 3.8) is 0 Å². The Morgan fingerprint density at radius 3 is 2.65 bits per heavy atom. The van der Waals surface area contributed by atoms with Gasteiger partial charge in [0.1, 0.15) is 0 Å². The van der Waals surface area contributed by atoms with E-state index in [9.17, 15) is 13.2 Å². The van der Waals surface area contributed by atoms with Crippen LogP contribution in [0.3, 0.4) is 0 Å². The van der Waals surface area contributed by atoms with E-state index in [1.807, 2.05) is 16.8 Å². The van der Waals surface area contributed by atoms with E-state index in [0.717, 1.165) is 56.3 Å². The molecular weight excluding hydrogens is 350 g/mol. The predicted octanol–water partition coefficient (Wildman–Crippen LogP) is 2.68. The molecule has 1 amide bonds. The number of aromatic nitrogens is 2. The van der Waals surface area contributed by atoms with Crippen LogP contribution in [0.1, 0.15) is 43.4 Å². The van der Waals surface area contributed by atoms with E-state index in [4.69, 9.17) is 0 Å². The van der Waals surface area contributed by atoms with Crippen molar-refractivity contribution in [1.82, 2.24) is 9.78 Å². The van der Waals surface area contributed by atoms with Crippen LogP contribution in [0.2, 0.25) is 0 Å². The molecule has 0 unspecified atom stereocenters. The average Bonchev–Trinajstić information content (AvgIpc) is 3.30. The maximum atomic E-state index is 13.2. The maximum absolute atomic E-state index is 13.2. The van der Waals surface area contributed by atoms with Gasteiger partial charge < -0.3 is 5.32 Å². The SMILES string of the molecule is CS(=O)(=O)c1cccc(C2(C(=O)Nc3cc4n(n3)CCC4)CCCC2)c1. The molecule has 7 heteroatoms. The summed E-state index contributed by atoms with van der Waals surface area (Å²) < 4.78 is 25.8. The lowest BCUT2D eigenvalue weighted by Gasteiger charge is -2.28. The number of amides is 1. The van der Waals surface area contributed by atoms with Crippen LogP contribution < -0.4 is 5.32 Å². The summed E-state index contributed by atoms with van der Waals surface area (Å²) in [4.78, 5) is 13.5. The van der Waals surface area contributed by atoms with Crippen LogP contribution in [0, 0.1) is 0 Å². The molecule has 0 radical (unpaired) electrons. The van der Waals surface area contributed by atoms with Crippen molar-refractivity contribution >= 4 is 21.6 Å². The van der Waals surface area contributed by atoms with Gasteiger partial charge in [0.05, 0.1) is 10.3 Å². The lowest BCUT2D eigenvalue weighted by atomic mass is 9.78. The van der Waals surface area contributed by atoms with Gasteiger partial charge in [0, 0.05) is 24.6 Å². The van der Waals surface area contributed by atoms with Gasteiger partial charge in [-0.1, -0.05) is 25.0 Å². The second-order valence-corrected chi connectivity index (χ2v) is 9.41. The molecule has 0 bridgehead atoms. The quantitative estimate of drug-likeness (QED) is 0.893. The van der Waals surface area contributed by atoms with Crippen LogP contribution >= 0.6 is 0 Å². The smallest absolute Gasteiger partial charge is 0.236 e. The van der Waals surface area contributed by atoms with E-state index in [-0.39, 0.29) is 10.8 Å². The van der Waals surface area contributed by atoms with Crippen molar-refractivity contribution in [1.29, 1.82) is 0 Å². The molecule has 4 rings (SSSR count). The van der Waals surface area contributed by atoms with Crippen molar-refractivity contribution in [2.45, 2.75) is 55.4 Å². The highest BCUT2D eigenvalue weighted by Gasteiger charge is 2.43. The minimum absolute atomic E-state index is 0.0857. The van der Waals surface area contributed by atoms with Gasteiger partial charge in [0.15, 0.2) is 15.7 Å². The third-order valence-electron chi connectivity index (χ3n) is 5.61. The highest BCUT2D eigenvalue weighted by Crippen LogP contribution is 2.42. The lowest BCUT2D eigenvalue weighted by Crippen LogP contribution is -2.38. The second-order valence-electron chi connectivity index (χ2n) is 7.39. The molecule has 1 aromatic carbocycles. The summed E-state index contributed by atoms with van der Waals surface area (Å²) >= 11 is 0. The Labute approximate surface area is 153 Å². The first-order chi connectivity index (χ1) is 12.4. The molecule has 1 aliphatic carbocycles. The fourth-order valence-electron chi connectivity index (χ4n) is 4.21. The topological polar surface area (TPSA) is 81.1 Å². The van der Waals surface area contributed by atoms with Gasteiger partial charge in [0.2, 0.25) is 5.91 Å². The summed E-state index contributed by atoms with van der Waals surface area (Å²) in [5, 5.41) is 7.46. The number of carbonyl (C=O) groups excluding carboxylic acids is 1. The molecule has 2 aliphatic rings. The summed E-state index contributed by atoms with van der Waals surface area (Å²) in [5.41, 5.74) is 1.25. The van der Waals surface area contributed by atoms with Crippen molar-refractivity contribution in [3.05, 3.63) is 41.6 Å². The molecule has 0 spiro atoms. The minimum atomic E-state index is -3.31. The van der Waals surface area contributed by atoms with Gasteiger partial charge in [0.25, 0.3) is 0 Å². The van der Waals surface area contributed by atoms with E-state index in [0.29, 0.717) is 5.82 Å². The molecule has 1 aliphatic heterocycles. The highest BCUT2D eigenvalue weighted by molar-refractivity contribution is 7.90. The Morgan fingerprint density at radius 2 is 1.96 bits per heavy atom. The maximum Gasteiger partial charge on any atom is 0.236 e. The number of hydrogen-bond donors (Lipinski definition) is 1. The zero-order chi connectivity index (χ0) is 18.4. The molecular formula is C19H23N3O3S. The third-order valence-corrected chi connectivity index (χ3v) is 6.72. The van der Waals surface area contributed by atoms with Crippen LogP contribution in [0.15, 0.2) is 35.2 Å². The highest BCUT2D eigenvalue weighted by atomic mass is 32.2. The van der Waals surface area contributed by atoms with E-state index in [1.165, 1.54) is 6.26 Å². The van der Waals surface area contributed by atoms with Crippen LogP contribution in [0.5, 0.6) is 0 Å². The lowest BCUT2D eigenvalue weighted by molar-refractivity contribution is -0.121. The fraction of sp³-hybridized carbons (Fsp3) is 0.474. The van der Waals surface area contributed by atoms with Gasteiger partial charge >= 0.3 is 0 Å². The van der Waals surface area contributed by atoms with Crippen LogP contribution in [0.4, 0.5) is 5.82 Å². The summed E-state index contributed by atoms with van der Waals surface area (Å²) in [7, 11) is -3.31. The summed E-state index contributed by atoms with van der Waals surface area (Å²) in [6.45, 7) is 0.896. The van der Waals surface area contributed by atoms with Gasteiger partial charge in [-0.05, 0) is 43.4 Å². The third kappa shape index (κ3) is 2.94. The van der Waals surface area contributed by atoms with E-state index >= 15 is 0 Å². The van der Waals surface area contributed by atoms with Gasteiger partial charge in [-0.15, -0.1) is 0 Å². The number of anilines is 1. The number of rotatable bonds is 4. The molecule has 2 aromatic rings. The Kier molecular flexibility index (Phi) is 4.14. The van der Waals surface area contributed by atoms with Crippen LogP contribution in [0.25, 0.3) is 0 Å². The summed E-state index contributed by atoms with van der Waals surface area (Å²) in [6, 6.07) is 8.78. The van der Waals surface area contributed by atoms with E-state index < -0.39 is 15.3 Å². The number of fused-ring (bicyclic) bond motifs is 1. The minimum Gasteiger partial charge on any atom is -0.308 e. The van der Waals surface area contributed by atoms with Crippen LogP contribution in [-0.2, 0) is 33.0 Å². The average molecular weight is 373 g/mol. The zero-order valence-electron chi connectivity index (χ0n) is 14.9. The van der Waals surface area contributed by atoms with Crippen LogP contribution in [-0.4, -0.2) is 30.4 Å². The molecule has 2 heterocycles. The monoisotopic (exact) mass is 373 g/mol. The number of benzene rings is 1. The number of aryl methyl sites for hydroxylation is 2. The summed E-state index contributed by atoms with van der Waals surface area (Å²) in [5.74, 6) is 0.507. The predicted molar refractivity (Wildman–Crippen MR) is 98.9 cm³/mol. The Balaban J connectivity index is 1.66. The molecule has 0 saturated heterocycles. The van der Waals surface area contributed by atoms with E-state index in [1.54, 1.807) is 18.2 Å². The second kappa shape index (κ2) is 6.23. The molecule has 138 valence electrons. The number of nitrogens with one attached hydrogen (secondary N) is 1. The van der Waals surface area contributed by atoms with Gasteiger partial charge in [-0.3, -0.25) is 9.48 Å². The van der Waals surface area contributed by atoms with Crippen molar-refractivity contribution < 1.29 is 13.2 Å². The fourth-order valence-corrected chi connectivity index (χ4v) is 4.87. The first-order valence-electron chi connectivity index (χ1n) is 9.07. The first-order valence-corrected chi connectivity index (χ1v) is 11.0. The first kappa shape index (κ1) is 17.3. The Morgan fingerprint density at radius 1 is 1.19 bits per heavy atom. The normalized spacial score (nSPS) is 18.7. The largest absolute Gasteiger partial charge is 0.308 e. The standard InChI is InChI=1S/C19H23N3O3S/c1-26(24,25)16-8-4-6-14(12-16)19(9-2-3-10-19)18(23)20-17-13-15-7-5-11-22(15)21-17/h4,6,8,12-13H,2-3,5,7,9-11H2,1H3,(H,20,21,23). The van der Waals surface area contributed by atoms with Crippen molar-refractivity contribution in [2.24, 2.45) is 0 Å². The Bertz CT molecular complexity index is 935. The Hall–Kier alpha value is -2.15. The number of sulfone groups is 1. The van der Waals surface area contributed by atoms with Crippen molar-refractivity contribution in [2.75, 3.05) is 11.6 Å². The molecule has 1 aromatic heterocycles. The zero-order valence-corrected chi connectivity index (χ0v) is 15.7. The molecule has 26 heavy (non-hydrogen) atoms. The molecule has 6 nitrogen and oxygen atoms in total. The van der Waals surface area contributed by atoms with Gasteiger partial charge in [-0.25, -0.2) is 8.42 Å². The molecule has 1 fully saturated rings. The summed E-state index contributed by atoms with van der Waals surface area (Å²) in [6.07, 6.45) is 6.63. The molecule has 1 saturated carbocycles. The number of nitrogens with zero attached hydrogens (tertiary/aromatic N) is 2. The number of hydrogen-bond acceptors (Lipinski definition) is 4.